The first-order valence-corrected chi connectivity index (χ1v) is 17.6. The van der Waals surface area contributed by atoms with Crippen LogP contribution in [0, 0.1) is 58.2 Å². The van der Waals surface area contributed by atoms with Gasteiger partial charge in [-0.1, -0.05) is 54.2 Å². The molecule has 0 amide bonds. The van der Waals surface area contributed by atoms with E-state index in [0.717, 1.165) is 23.9 Å². The molecule has 0 aliphatic carbocycles. The Morgan fingerprint density at radius 2 is 0.877 bits per heavy atom. The molecule has 0 fully saturated rings. The van der Waals surface area contributed by atoms with Crippen molar-refractivity contribution in [3.63, 3.8) is 0 Å². The Morgan fingerprint density at radius 3 is 1.40 bits per heavy atom. The third-order valence-electron chi connectivity index (χ3n) is 9.53. The van der Waals surface area contributed by atoms with E-state index < -0.39 is 92.9 Å². The van der Waals surface area contributed by atoms with Gasteiger partial charge in [0.25, 0.3) is 6.71 Å². The van der Waals surface area contributed by atoms with Crippen LogP contribution in [-0.2, 0) is 0 Å². The van der Waals surface area contributed by atoms with Crippen molar-refractivity contribution in [3.8, 4) is 56.8 Å². The molecule has 15 heteroatoms. The number of hydrogen-bond acceptors (Lipinski definition) is 4. The zero-order valence-corrected chi connectivity index (χ0v) is 29.1. The summed E-state index contributed by atoms with van der Waals surface area (Å²) in [5.74, 6) is -22.0. The first kappa shape index (κ1) is 36.3. The summed E-state index contributed by atoms with van der Waals surface area (Å²) < 4.78 is 169. The fourth-order valence-corrected chi connectivity index (χ4v) is 8.36. The van der Waals surface area contributed by atoms with Crippen LogP contribution in [0.5, 0.6) is 34.5 Å². The zero-order valence-electron chi connectivity index (χ0n) is 28.3. The van der Waals surface area contributed by atoms with E-state index in [4.69, 9.17) is 14.2 Å². The van der Waals surface area contributed by atoms with Gasteiger partial charge < -0.3 is 14.2 Å². The Balaban J connectivity index is 1.41. The molecule has 0 spiro atoms. The van der Waals surface area contributed by atoms with E-state index in [0.29, 0.717) is 10.4 Å². The molecule has 0 saturated carbocycles. The molecule has 7 aromatic rings. The van der Waals surface area contributed by atoms with E-state index in [-0.39, 0.29) is 44.6 Å². The van der Waals surface area contributed by atoms with Gasteiger partial charge in [0, 0.05) is 26.4 Å². The average molecular weight is 802 g/mol. The van der Waals surface area contributed by atoms with E-state index in [1.807, 2.05) is 0 Å². The van der Waals surface area contributed by atoms with Crippen LogP contribution in [0.25, 0.3) is 22.3 Å². The largest absolute Gasteiger partial charge is 0.458 e. The van der Waals surface area contributed by atoms with Crippen LogP contribution in [-0.4, -0.2) is 6.71 Å². The molecule has 7 aromatic carbocycles. The molecular weight excluding hydrogens is 785 g/mol. The first-order valence-electron chi connectivity index (χ1n) is 16.8. The maximum absolute atomic E-state index is 15.7. The normalized spacial score (nSPS) is 12.4. The summed E-state index contributed by atoms with van der Waals surface area (Å²) in [4.78, 5) is 0.298. The Labute approximate surface area is 320 Å². The van der Waals surface area contributed by atoms with E-state index in [1.165, 1.54) is 24.3 Å². The number of hydrogen-bond donors (Lipinski definition) is 0. The minimum absolute atomic E-state index is 0.00178. The second-order valence-electron chi connectivity index (χ2n) is 12.7. The zero-order chi connectivity index (χ0) is 39.9. The maximum Gasteiger partial charge on any atom is 0.263 e. The van der Waals surface area contributed by atoms with Crippen molar-refractivity contribution in [1.82, 2.24) is 0 Å². The SMILES string of the molecule is Fc1c(F)c(F)c(-c2ccc(Oc3ccccc3)c3c2Oc2cccc4c2B3c2c(Oc3ccccc3)ccc(-c3c(F)c(F)c(F)c(F)c3F)c2S4)c(F)c1F. The van der Waals surface area contributed by atoms with Crippen molar-refractivity contribution in [2.75, 3.05) is 0 Å². The molecule has 0 saturated heterocycles. The average Bonchev–Trinajstić information content (AvgIpc) is 3.22. The molecule has 3 nitrogen and oxygen atoms in total. The highest BCUT2D eigenvalue weighted by Gasteiger charge is 2.46. The number of para-hydroxylation sites is 2. The lowest BCUT2D eigenvalue weighted by Gasteiger charge is -2.36. The lowest BCUT2D eigenvalue weighted by Crippen LogP contribution is -2.58. The van der Waals surface area contributed by atoms with E-state index >= 15 is 17.6 Å². The van der Waals surface area contributed by atoms with Crippen molar-refractivity contribution < 1.29 is 58.1 Å². The summed E-state index contributed by atoms with van der Waals surface area (Å²) in [6.07, 6.45) is 0. The second kappa shape index (κ2) is 13.7. The fourth-order valence-electron chi connectivity index (χ4n) is 7.05. The lowest BCUT2D eigenvalue weighted by atomic mass is 9.35. The Kier molecular flexibility index (Phi) is 8.72. The van der Waals surface area contributed by atoms with E-state index in [1.54, 1.807) is 66.7 Å². The maximum atomic E-state index is 15.7. The second-order valence-corrected chi connectivity index (χ2v) is 13.8. The summed E-state index contributed by atoms with van der Waals surface area (Å²) in [6.45, 7) is -1.27. The highest BCUT2D eigenvalue weighted by molar-refractivity contribution is 8.00. The topological polar surface area (TPSA) is 27.7 Å². The third kappa shape index (κ3) is 5.62. The predicted molar refractivity (Wildman–Crippen MR) is 192 cm³/mol. The molecule has 2 aliphatic rings. The molecule has 2 aliphatic heterocycles. The molecule has 0 N–H and O–H groups in total. The van der Waals surface area contributed by atoms with Crippen LogP contribution in [0.2, 0.25) is 0 Å². The van der Waals surface area contributed by atoms with Crippen LogP contribution in [0.3, 0.4) is 0 Å². The summed E-state index contributed by atoms with van der Waals surface area (Å²) >= 11 is 0.891. The van der Waals surface area contributed by atoms with Crippen LogP contribution in [0.4, 0.5) is 43.9 Å². The van der Waals surface area contributed by atoms with Crippen molar-refractivity contribution in [2.45, 2.75) is 9.79 Å². The van der Waals surface area contributed by atoms with Gasteiger partial charge in [0.2, 0.25) is 11.6 Å². The lowest BCUT2D eigenvalue weighted by molar-refractivity contribution is 0.380. The molecule has 0 unspecified atom stereocenters. The Bertz CT molecular complexity index is 2580. The standard InChI is InChI=1S/C42H17BF10O3S/c44-31-26(32(45)36(49)39(52)35(31)48)20-14-16-23(54-18-8-3-1-4-9-18)29-41(20)56-22-12-7-13-25-28(22)43(29)30-24(55-19-10-5-2-6-11-19)17-15-21(42(30)57-25)27-33(46)37(50)40(53)38(51)34(27)47/h1-17H. The van der Waals surface area contributed by atoms with Crippen molar-refractivity contribution in [3.05, 3.63) is 161 Å². The quantitative estimate of drug-likeness (QED) is 0.0724. The summed E-state index contributed by atoms with van der Waals surface area (Å²) in [6, 6.07) is 25.5. The molecular formula is C42H17BF10O3S. The third-order valence-corrected chi connectivity index (χ3v) is 10.7. The fraction of sp³-hybridized carbons (Fsp3) is 0. The first-order chi connectivity index (χ1) is 27.5. The summed E-state index contributed by atoms with van der Waals surface area (Å²) in [7, 11) is 0. The molecule has 0 aromatic heterocycles. The van der Waals surface area contributed by atoms with Gasteiger partial charge in [-0.05, 0) is 71.6 Å². The minimum atomic E-state index is -2.39. The highest BCUT2D eigenvalue weighted by atomic mass is 32.2. The van der Waals surface area contributed by atoms with Crippen LogP contribution in [0.15, 0.2) is 113 Å². The number of rotatable bonds is 6. The number of ether oxygens (including phenoxy) is 3. The Morgan fingerprint density at radius 1 is 0.421 bits per heavy atom. The van der Waals surface area contributed by atoms with Crippen molar-refractivity contribution in [2.24, 2.45) is 0 Å². The minimum Gasteiger partial charge on any atom is -0.458 e. The molecule has 57 heavy (non-hydrogen) atoms. The molecule has 9 rings (SSSR count). The van der Waals surface area contributed by atoms with Gasteiger partial charge in [-0.25, -0.2) is 43.9 Å². The molecule has 0 bridgehead atoms. The van der Waals surface area contributed by atoms with Crippen LogP contribution in [0.1, 0.15) is 0 Å². The van der Waals surface area contributed by atoms with Gasteiger partial charge in [-0.15, -0.1) is 0 Å². The summed E-state index contributed by atoms with van der Waals surface area (Å²) in [5.41, 5.74) is -3.25. The van der Waals surface area contributed by atoms with Crippen molar-refractivity contribution in [1.29, 1.82) is 0 Å². The Hall–Kier alpha value is -6.35. The van der Waals surface area contributed by atoms with E-state index in [2.05, 4.69) is 0 Å². The van der Waals surface area contributed by atoms with Gasteiger partial charge >= 0.3 is 0 Å². The van der Waals surface area contributed by atoms with Gasteiger partial charge in [-0.2, -0.15) is 0 Å². The van der Waals surface area contributed by atoms with Gasteiger partial charge in [0.15, 0.2) is 46.5 Å². The predicted octanol–water partition coefficient (Wildman–Crippen LogP) is 11.1. The van der Waals surface area contributed by atoms with E-state index in [9.17, 15) is 26.3 Å². The molecule has 2 heterocycles. The molecule has 282 valence electrons. The summed E-state index contributed by atoms with van der Waals surface area (Å²) in [5, 5.41) is 0. The van der Waals surface area contributed by atoms with Gasteiger partial charge in [0.1, 0.15) is 34.5 Å². The number of benzene rings is 7. The van der Waals surface area contributed by atoms with Gasteiger partial charge in [0.05, 0.1) is 11.1 Å². The van der Waals surface area contributed by atoms with Crippen molar-refractivity contribution >= 4 is 34.9 Å². The highest BCUT2D eigenvalue weighted by Crippen LogP contribution is 2.48. The van der Waals surface area contributed by atoms with Crippen LogP contribution >= 0.6 is 11.8 Å². The van der Waals surface area contributed by atoms with Crippen LogP contribution < -0.4 is 30.6 Å². The molecule has 0 atom stereocenters. The number of fused-ring (bicyclic) bond motifs is 4. The monoisotopic (exact) mass is 802 g/mol. The smallest absolute Gasteiger partial charge is 0.263 e. The molecule has 0 radical (unpaired) electrons. The van der Waals surface area contributed by atoms with Gasteiger partial charge in [-0.3, -0.25) is 0 Å². The number of halogens is 10.